The number of hydrogen-bond acceptors (Lipinski definition) is 6. The van der Waals surface area contributed by atoms with Crippen molar-refractivity contribution in [2.75, 3.05) is 24.9 Å². The molecule has 1 aromatic carbocycles. The Bertz CT molecular complexity index is 1110. The van der Waals surface area contributed by atoms with E-state index >= 15 is 0 Å². The molecule has 1 aliphatic rings. The van der Waals surface area contributed by atoms with Crippen LogP contribution in [0.15, 0.2) is 41.3 Å². The quantitative estimate of drug-likeness (QED) is 0.607. The number of nitrogens with one attached hydrogen (secondary N) is 3. The zero-order chi connectivity index (χ0) is 19.7. The van der Waals surface area contributed by atoms with Crippen LogP contribution < -0.4 is 25.7 Å². The topological polar surface area (TPSA) is 105 Å². The minimum absolute atomic E-state index is 0.0477. The fraction of sp³-hybridized carbons (Fsp3) is 0.250. The maximum absolute atomic E-state index is 12.4. The molecule has 144 valence electrons. The van der Waals surface area contributed by atoms with Gasteiger partial charge in [-0.05, 0) is 31.0 Å². The Hall–Kier alpha value is -3.55. The van der Waals surface area contributed by atoms with Gasteiger partial charge in [0.15, 0.2) is 11.5 Å². The molecule has 0 radical (unpaired) electrons. The normalized spacial score (nSPS) is 13.2. The second kappa shape index (κ2) is 7.22. The van der Waals surface area contributed by atoms with Crippen LogP contribution in [0, 0.1) is 5.92 Å². The highest BCUT2D eigenvalue weighted by Crippen LogP contribution is 2.38. The lowest BCUT2D eigenvalue weighted by Crippen LogP contribution is -2.16. The van der Waals surface area contributed by atoms with E-state index in [4.69, 9.17) is 9.47 Å². The second-order valence-corrected chi connectivity index (χ2v) is 6.55. The van der Waals surface area contributed by atoms with Crippen LogP contribution in [0.3, 0.4) is 0 Å². The summed E-state index contributed by atoms with van der Waals surface area (Å²) >= 11 is 0. The van der Waals surface area contributed by atoms with Gasteiger partial charge in [0.25, 0.3) is 5.56 Å². The van der Waals surface area contributed by atoms with Crippen molar-refractivity contribution in [3.8, 4) is 11.5 Å². The molecule has 3 aromatic rings. The Balaban J connectivity index is 1.81. The number of nitrogens with zero attached hydrogens (tertiary/aromatic N) is 1. The predicted octanol–water partition coefficient (Wildman–Crippen LogP) is 3.03. The number of amides is 1. The van der Waals surface area contributed by atoms with Gasteiger partial charge in [-0.1, -0.05) is 6.07 Å². The Kier molecular flexibility index (Phi) is 4.60. The number of aromatic nitrogens is 2. The van der Waals surface area contributed by atoms with Gasteiger partial charge in [0.05, 0.1) is 36.5 Å². The van der Waals surface area contributed by atoms with Crippen LogP contribution in [-0.4, -0.2) is 30.1 Å². The van der Waals surface area contributed by atoms with Gasteiger partial charge in [0.1, 0.15) is 5.82 Å². The highest BCUT2D eigenvalue weighted by Gasteiger charge is 2.30. The van der Waals surface area contributed by atoms with Crippen molar-refractivity contribution in [1.82, 2.24) is 9.97 Å². The molecular weight excluding hydrogens is 360 g/mol. The first-order chi connectivity index (χ1) is 13.6. The molecule has 2 aromatic heterocycles. The number of ether oxygens (including phenoxy) is 2. The SMILES string of the molecule is COc1cccc(Nc2cc(NC(=O)C3CC3)nc3cc[nH]c(=O)c23)c1OC. The molecule has 0 bridgehead atoms. The average molecular weight is 380 g/mol. The lowest BCUT2D eigenvalue weighted by Gasteiger charge is -2.16. The molecule has 28 heavy (non-hydrogen) atoms. The largest absolute Gasteiger partial charge is 0.493 e. The van der Waals surface area contributed by atoms with Gasteiger partial charge in [-0.3, -0.25) is 9.59 Å². The van der Waals surface area contributed by atoms with Crippen LogP contribution >= 0.6 is 0 Å². The average Bonchev–Trinajstić information content (AvgIpc) is 3.53. The van der Waals surface area contributed by atoms with Gasteiger partial charge in [-0.25, -0.2) is 4.98 Å². The number of hydrogen-bond donors (Lipinski definition) is 3. The summed E-state index contributed by atoms with van der Waals surface area (Å²) in [7, 11) is 3.10. The van der Waals surface area contributed by atoms with Crippen LogP contribution in [0.4, 0.5) is 17.2 Å². The fourth-order valence-corrected chi connectivity index (χ4v) is 3.06. The van der Waals surface area contributed by atoms with Crippen molar-refractivity contribution < 1.29 is 14.3 Å². The first kappa shape index (κ1) is 17.8. The van der Waals surface area contributed by atoms with Crippen molar-refractivity contribution >= 4 is 34.0 Å². The van der Waals surface area contributed by atoms with E-state index in [1.165, 1.54) is 6.20 Å². The van der Waals surface area contributed by atoms with Crippen LogP contribution in [-0.2, 0) is 4.79 Å². The number of methoxy groups -OCH3 is 2. The summed E-state index contributed by atoms with van der Waals surface area (Å²) in [6.07, 6.45) is 3.32. The minimum Gasteiger partial charge on any atom is -0.493 e. The summed E-state index contributed by atoms with van der Waals surface area (Å²) in [5.41, 5.74) is 1.32. The van der Waals surface area contributed by atoms with Gasteiger partial charge in [-0.15, -0.1) is 0 Å². The molecule has 2 heterocycles. The summed E-state index contributed by atoms with van der Waals surface area (Å²) in [5.74, 6) is 1.44. The molecule has 0 aliphatic heterocycles. The van der Waals surface area contributed by atoms with Gasteiger partial charge in [0.2, 0.25) is 5.91 Å². The molecule has 4 rings (SSSR count). The fourth-order valence-electron chi connectivity index (χ4n) is 3.06. The number of carbonyl (C=O) groups excluding carboxylic acids is 1. The van der Waals surface area contributed by atoms with E-state index in [0.29, 0.717) is 39.6 Å². The molecule has 0 spiro atoms. The molecule has 0 saturated heterocycles. The van der Waals surface area contributed by atoms with Crippen molar-refractivity contribution in [1.29, 1.82) is 0 Å². The van der Waals surface area contributed by atoms with E-state index in [0.717, 1.165) is 12.8 Å². The molecule has 0 unspecified atom stereocenters. The lowest BCUT2D eigenvalue weighted by molar-refractivity contribution is -0.117. The molecule has 0 atom stereocenters. The Morgan fingerprint density at radius 2 is 2.00 bits per heavy atom. The molecule has 1 amide bonds. The number of para-hydroxylation sites is 1. The van der Waals surface area contributed by atoms with Crippen molar-refractivity contribution in [3.05, 3.63) is 46.9 Å². The number of pyridine rings is 2. The number of carbonyl (C=O) groups is 1. The molecule has 3 N–H and O–H groups in total. The van der Waals surface area contributed by atoms with Crippen molar-refractivity contribution in [2.24, 2.45) is 5.92 Å². The number of aromatic amines is 1. The summed E-state index contributed by atoms with van der Waals surface area (Å²) < 4.78 is 10.8. The predicted molar refractivity (Wildman–Crippen MR) is 107 cm³/mol. The Morgan fingerprint density at radius 3 is 2.71 bits per heavy atom. The van der Waals surface area contributed by atoms with Crippen LogP contribution in [0.2, 0.25) is 0 Å². The highest BCUT2D eigenvalue weighted by molar-refractivity contribution is 5.98. The second-order valence-electron chi connectivity index (χ2n) is 6.55. The molecule has 8 heteroatoms. The van der Waals surface area contributed by atoms with E-state index in [1.54, 1.807) is 32.4 Å². The Morgan fingerprint density at radius 1 is 1.18 bits per heavy atom. The highest BCUT2D eigenvalue weighted by atomic mass is 16.5. The first-order valence-corrected chi connectivity index (χ1v) is 8.92. The zero-order valence-corrected chi connectivity index (χ0v) is 15.5. The first-order valence-electron chi connectivity index (χ1n) is 8.92. The molecule has 1 aliphatic carbocycles. The maximum atomic E-state index is 12.4. The van der Waals surface area contributed by atoms with Crippen LogP contribution in [0.25, 0.3) is 10.9 Å². The minimum atomic E-state index is -0.283. The zero-order valence-electron chi connectivity index (χ0n) is 15.5. The van der Waals surface area contributed by atoms with Gasteiger partial charge in [0, 0.05) is 18.2 Å². The Labute approximate surface area is 160 Å². The maximum Gasteiger partial charge on any atom is 0.259 e. The van der Waals surface area contributed by atoms with E-state index in [9.17, 15) is 9.59 Å². The van der Waals surface area contributed by atoms with E-state index in [-0.39, 0.29) is 17.4 Å². The van der Waals surface area contributed by atoms with Crippen LogP contribution in [0.5, 0.6) is 11.5 Å². The third kappa shape index (κ3) is 3.36. The molecule has 1 fully saturated rings. The number of fused-ring (bicyclic) bond motifs is 1. The van der Waals surface area contributed by atoms with E-state index < -0.39 is 0 Å². The molecule has 8 nitrogen and oxygen atoms in total. The third-order valence-corrected chi connectivity index (χ3v) is 4.60. The lowest BCUT2D eigenvalue weighted by atomic mass is 10.2. The summed E-state index contributed by atoms with van der Waals surface area (Å²) in [4.78, 5) is 31.7. The van der Waals surface area contributed by atoms with Gasteiger partial charge >= 0.3 is 0 Å². The standard InChI is InChI=1S/C20H20N4O4/c1-27-15-5-3-4-13(18(15)28-2)22-14-10-16(24-19(25)11-6-7-11)23-12-8-9-21-20(26)17(12)14/h3-5,8-11H,6-7H2,1-2H3,(H,21,26)(H2,22,23,24,25). The number of benzene rings is 1. The van der Waals surface area contributed by atoms with Crippen molar-refractivity contribution in [3.63, 3.8) is 0 Å². The molecular formula is C20H20N4O4. The number of anilines is 3. The molecule has 1 saturated carbocycles. The van der Waals surface area contributed by atoms with E-state index in [1.807, 2.05) is 12.1 Å². The summed E-state index contributed by atoms with van der Waals surface area (Å²) in [6.45, 7) is 0. The number of rotatable bonds is 6. The third-order valence-electron chi connectivity index (χ3n) is 4.60. The van der Waals surface area contributed by atoms with Gasteiger partial charge in [-0.2, -0.15) is 0 Å². The smallest absolute Gasteiger partial charge is 0.259 e. The summed E-state index contributed by atoms with van der Waals surface area (Å²) in [6, 6.07) is 8.75. The van der Waals surface area contributed by atoms with E-state index in [2.05, 4.69) is 20.6 Å². The van der Waals surface area contributed by atoms with Crippen molar-refractivity contribution in [2.45, 2.75) is 12.8 Å². The van der Waals surface area contributed by atoms with Crippen LogP contribution in [0.1, 0.15) is 12.8 Å². The monoisotopic (exact) mass is 380 g/mol. The summed E-state index contributed by atoms with van der Waals surface area (Å²) in [5, 5.41) is 6.44. The number of H-pyrrole nitrogens is 1. The van der Waals surface area contributed by atoms with Gasteiger partial charge < -0.3 is 25.1 Å².